The van der Waals surface area contributed by atoms with E-state index in [0.717, 1.165) is 5.56 Å². The monoisotopic (exact) mass is 668 g/mol. The van der Waals surface area contributed by atoms with Crippen LogP contribution in [-0.4, -0.2) is 36.5 Å². The molecule has 1 aromatic heterocycles. The zero-order chi connectivity index (χ0) is 28.4. The average Bonchev–Trinajstić information content (AvgIpc) is 3.28. The highest BCUT2D eigenvalue weighted by Gasteiger charge is 2.35. The second kappa shape index (κ2) is 11.7. The highest BCUT2D eigenvalue weighted by Crippen LogP contribution is 2.36. The maximum atomic E-state index is 14.0. The normalized spacial score (nSPS) is 14.9. The van der Waals surface area contributed by atoms with Gasteiger partial charge in [-0.1, -0.05) is 53.8 Å². The Balaban J connectivity index is 1.83. The lowest BCUT2D eigenvalue weighted by molar-refractivity contribution is -0.138. The molecule has 10 heteroatoms. The molecule has 1 aliphatic heterocycles. The van der Waals surface area contributed by atoms with E-state index in [4.69, 9.17) is 19.2 Å². The van der Waals surface area contributed by atoms with Gasteiger partial charge in [-0.3, -0.25) is 9.36 Å². The molecule has 2 heterocycles. The van der Waals surface area contributed by atoms with Gasteiger partial charge in [0.2, 0.25) is 0 Å². The van der Waals surface area contributed by atoms with Gasteiger partial charge in [-0.25, -0.2) is 9.79 Å². The Bertz CT molecular complexity index is 1810. The summed E-state index contributed by atoms with van der Waals surface area (Å²) in [5, 5.41) is 10.3. The number of hydrogen-bond acceptors (Lipinski definition) is 8. The minimum atomic E-state index is -0.808. The number of hydrogen-bond donors (Lipinski definition) is 1. The maximum Gasteiger partial charge on any atom is 0.338 e. The predicted octanol–water partition coefficient (Wildman–Crippen LogP) is 4.26. The fourth-order valence-electron chi connectivity index (χ4n) is 4.55. The summed E-state index contributed by atoms with van der Waals surface area (Å²) in [7, 11) is 3.04. The number of ether oxygens (including phenoxy) is 3. The number of aromatic nitrogens is 1. The van der Waals surface area contributed by atoms with E-state index in [1.54, 1.807) is 38.3 Å². The van der Waals surface area contributed by atoms with Crippen molar-refractivity contribution in [2.75, 3.05) is 20.8 Å². The second-order valence-corrected chi connectivity index (χ2v) is 10.9. The number of methoxy groups -OCH3 is 2. The van der Waals surface area contributed by atoms with Crippen LogP contribution in [0.1, 0.15) is 29.7 Å². The Morgan fingerprint density at radius 1 is 1.10 bits per heavy atom. The molecule has 0 unspecified atom stereocenters. The molecule has 0 radical (unpaired) electrons. The third-order valence-electron chi connectivity index (χ3n) is 6.35. The molecule has 1 aliphatic rings. The van der Waals surface area contributed by atoms with Crippen LogP contribution in [0.15, 0.2) is 82.1 Å². The molecule has 0 aliphatic carbocycles. The fraction of sp³-hybridized carbons (Fsp3) is 0.167. The molecule has 0 spiro atoms. The van der Waals surface area contributed by atoms with Gasteiger partial charge in [0.15, 0.2) is 16.3 Å². The van der Waals surface area contributed by atoms with E-state index < -0.39 is 12.0 Å². The number of carbonyl (C=O) groups is 1. The van der Waals surface area contributed by atoms with Gasteiger partial charge in [0.1, 0.15) is 5.75 Å². The summed E-state index contributed by atoms with van der Waals surface area (Å²) < 4.78 is 18.8. The molecule has 8 nitrogen and oxygen atoms in total. The highest BCUT2D eigenvalue weighted by atomic mass is 127. The number of phenols is 1. The van der Waals surface area contributed by atoms with E-state index in [1.165, 1.54) is 23.0 Å². The van der Waals surface area contributed by atoms with Crippen molar-refractivity contribution in [1.29, 1.82) is 0 Å². The number of rotatable bonds is 7. The van der Waals surface area contributed by atoms with Crippen molar-refractivity contribution in [3.63, 3.8) is 0 Å². The molecule has 5 rings (SSSR count). The molecule has 40 heavy (non-hydrogen) atoms. The van der Waals surface area contributed by atoms with Gasteiger partial charge < -0.3 is 19.3 Å². The molecule has 0 saturated heterocycles. The molecule has 3 aromatic carbocycles. The summed E-state index contributed by atoms with van der Waals surface area (Å²) in [6.45, 7) is 1.91. The quantitative estimate of drug-likeness (QED) is 0.234. The van der Waals surface area contributed by atoms with E-state index >= 15 is 0 Å². The van der Waals surface area contributed by atoms with Crippen molar-refractivity contribution >= 4 is 51.7 Å². The lowest BCUT2D eigenvalue weighted by Crippen LogP contribution is -2.40. The maximum absolute atomic E-state index is 14.0. The van der Waals surface area contributed by atoms with E-state index in [0.29, 0.717) is 41.2 Å². The first kappa shape index (κ1) is 27.7. The van der Waals surface area contributed by atoms with Gasteiger partial charge in [0.25, 0.3) is 5.56 Å². The zero-order valence-electron chi connectivity index (χ0n) is 21.9. The summed E-state index contributed by atoms with van der Waals surface area (Å²) in [5.74, 6) is 0.374. The van der Waals surface area contributed by atoms with Crippen LogP contribution in [0.5, 0.6) is 17.2 Å². The summed E-state index contributed by atoms with van der Waals surface area (Å²) in [4.78, 5) is 32.9. The Morgan fingerprint density at radius 2 is 1.88 bits per heavy atom. The minimum Gasteiger partial charge on any atom is -0.504 e. The van der Waals surface area contributed by atoms with Crippen LogP contribution in [0.4, 0.5) is 0 Å². The van der Waals surface area contributed by atoms with Crippen LogP contribution in [0, 0.1) is 3.57 Å². The standard InChI is InChI=1S/C30H25IN2O6S/c1-4-39-29(36)24-25(18-9-6-5-7-10-18)32-30-33(26(24)19-11-8-12-20(16-19)37-2)28(35)23(40-30)15-17-13-21(31)27(34)22(14-17)38-3/h5-16,26,34H,4H2,1-3H3/b23-15-/t26-/m1/s1. The molecule has 0 amide bonds. The second-order valence-electron chi connectivity index (χ2n) is 8.76. The number of nitrogens with zero attached hydrogens (tertiary/aromatic N) is 2. The number of esters is 1. The largest absolute Gasteiger partial charge is 0.504 e. The fourth-order valence-corrected chi connectivity index (χ4v) is 6.18. The number of fused-ring (bicyclic) bond motifs is 1. The number of carbonyl (C=O) groups excluding carboxylic acids is 1. The lowest BCUT2D eigenvalue weighted by Gasteiger charge is -2.26. The van der Waals surface area contributed by atoms with E-state index in [-0.39, 0.29) is 23.5 Å². The van der Waals surface area contributed by atoms with Gasteiger partial charge in [-0.2, -0.15) is 0 Å². The molecule has 1 atom stereocenters. The van der Waals surface area contributed by atoms with Crippen LogP contribution >= 0.6 is 33.9 Å². The third-order valence-corrected chi connectivity index (χ3v) is 8.16. The average molecular weight is 669 g/mol. The molecule has 0 saturated carbocycles. The van der Waals surface area contributed by atoms with Crippen LogP contribution < -0.4 is 24.4 Å². The highest BCUT2D eigenvalue weighted by molar-refractivity contribution is 14.1. The smallest absolute Gasteiger partial charge is 0.338 e. The molecular formula is C30H25IN2O6S. The first-order valence-corrected chi connectivity index (χ1v) is 14.2. The molecule has 204 valence electrons. The van der Waals surface area contributed by atoms with Crippen LogP contribution in [0.2, 0.25) is 0 Å². The summed E-state index contributed by atoms with van der Waals surface area (Å²) >= 11 is 3.23. The van der Waals surface area contributed by atoms with Crippen molar-refractivity contribution in [3.8, 4) is 17.2 Å². The number of aromatic hydroxyl groups is 1. The van der Waals surface area contributed by atoms with Crippen molar-refractivity contribution < 1.29 is 24.1 Å². The topological polar surface area (TPSA) is 99.4 Å². The first-order chi connectivity index (χ1) is 19.4. The first-order valence-electron chi connectivity index (χ1n) is 12.3. The number of halogens is 1. The summed E-state index contributed by atoms with van der Waals surface area (Å²) in [6.07, 6.45) is 1.73. The van der Waals surface area contributed by atoms with E-state index in [1.807, 2.05) is 71.1 Å². The lowest BCUT2D eigenvalue weighted by atomic mass is 9.93. The molecular weight excluding hydrogens is 643 g/mol. The Kier molecular flexibility index (Phi) is 8.08. The summed E-state index contributed by atoms with van der Waals surface area (Å²) in [6, 6.07) is 19.3. The van der Waals surface area contributed by atoms with E-state index in [9.17, 15) is 14.7 Å². The molecule has 0 bridgehead atoms. The van der Waals surface area contributed by atoms with Crippen molar-refractivity contribution in [2.45, 2.75) is 13.0 Å². The SMILES string of the molecule is CCOC(=O)C1=C(c2ccccc2)N=c2s/c(=C\c3cc(I)c(O)c(OC)c3)c(=O)n2[C@@H]1c1cccc(OC)c1. The number of phenolic OH excluding ortho intramolecular Hbond substituents is 1. The molecule has 4 aromatic rings. The van der Waals surface area contributed by atoms with Crippen molar-refractivity contribution in [1.82, 2.24) is 4.57 Å². The Labute approximate surface area is 247 Å². The van der Waals surface area contributed by atoms with Crippen LogP contribution in [-0.2, 0) is 9.53 Å². The summed E-state index contributed by atoms with van der Waals surface area (Å²) in [5.41, 5.74) is 2.48. The van der Waals surface area contributed by atoms with Crippen molar-refractivity contribution in [3.05, 3.63) is 112 Å². The van der Waals surface area contributed by atoms with E-state index in [2.05, 4.69) is 0 Å². The Hall–Kier alpha value is -3.90. The third kappa shape index (κ3) is 5.16. The molecule has 1 N–H and O–H groups in total. The van der Waals surface area contributed by atoms with Gasteiger partial charge >= 0.3 is 5.97 Å². The van der Waals surface area contributed by atoms with Gasteiger partial charge in [0.05, 0.1) is 46.2 Å². The van der Waals surface area contributed by atoms with Gasteiger partial charge in [-0.05, 0) is 71.0 Å². The number of benzene rings is 3. The predicted molar refractivity (Wildman–Crippen MR) is 161 cm³/mol. The van der Waals surface area contributed by atoms with Crippen molar-refractivity contribution in [2.24, 2.45) is 4.99 Å². The van der Waals surface area contributed by atoms with Crippen LogP contribution in [0.25, 0.3) is 11.8 Å². The Morgan fingerprint density at radius 3 is 2.58 bits per heavy atom. The minimum absolute atomic E-state index is 0.0336. The number of thiazole rings is 1. The van der Waals surface area contributed by atoms with Gasteiger partial charge in [-0.15, -0.1) is 0 Å². The zero-order valence-corrected chi connectivity index (χ0v) is 24.9. The van der Waals surface area contributed by atoms with Crippen LogP contribution in [0.3, 0.4) is 0 Å². The molecule has 0 fully saturated rings. The van der Waals surface area contributed by atoms with Gasteiger partial charge in [0, 0.05) is 5.56 Å².